The van der Waals surface area contributed by atoms with Gasteiger partial charge in [0.05, 0.1) is 6.26 Å². The largest absolute Gasteiger partial charge is 0.467 e. The predicted octanol–water partition coefficient (Wildman–Crippen LogP) is 1.52. The molecule has 1 amide bonds. The van der Waals surface area contributed by atoms with Crippen LogP contribution in [0.2, 0.25) is 0 Å². The molecule has 0 aliphatic heterocycles. The van der Waals surface area contributed by atoms with Gasteiger partial charge in [0.15, 0.2) is 5.60 Å². The second-order valence-corrected chi connectivity index (χ2v) is 5.33. The fourth-order valence-corrected chi connectivity index (χ4v) is 2.08. The van der Waals surface area contributed by atoms with Crippen LogP contribution in [0, 0.1) is 0 Å². The Labute approximate surface area is 128 Å². The fourth-order valence-electron chi connectivity index (χ4n) is 2.08. The van der Waals surface area contributed by atoms with Crippen LogP contribution in [0.3, 0.4) is 0 Å². The van der Waals surface area contributed by atoms with Gasteiger partial charge in [-0.3, -0.25) is 14.3 Å². The van der Waals surface area contributed by atoms with Crippen molar-refractivity contribution in [2.45, 2.75) is 32.4 Å². The van der Waals surface area contributed by atoms with Crippen LogP contribution < -0.4 is 5.32 Å². The van der Waals surface area contributed by atoms with E-state index in [2.05, 4.69) is 10.4 Å². The molecule has 2 aromatic heterocycles. The van der Waals surface area contributed by atoms with Crippen molar-refractivity contribution in [1.29, 1.82) is 0 Å². The highest BCUT2D eigenvalue weighted by Gasteiger charge is 2.31. The Morgan fingerprint density at radius 2 is 2.23 bits per heavy atom. The molecule has 22 heavy (non-hydrogen) atoms. The first-order chi connectivity index (χ1) is 10.4. The van der Waals surface area contributed by atoms with Gasteiger partial charge in [-0.1, -0.05) is 0 Å². The number of carbonyl (C=O) groups excluding carboxylic acids is 2. The van der Waals surface area contributed by atoms with Crippen LogP contribution in [0.4, 0.5) is 0 Å². The maximum atomic E-state index is 12.2. The van der Waals surface area contributed by atoms with Gasteiger partial charge in [-0.05, 0) is 32.0 Å². The quantitative estimate of drug-likeness (QED) is 0.818. The first-order valence-electron chi connectivity index (χ1n) is 6.90. The van der Waals surface area contributed by atoms with E-state index >= 15 is 0 Å². The molecule has 7 nitrogen and oxygen atoms in total. The maximum Gasteiger partial charge on any atom is 0.303 e. The molecule has 1 N–H and O–H groups in total. The molecular formula is C15H19N3O4. The first kappa shape index (κ1) is 15.8. The van der Waals surface area contributed by atoms with E-state index in [9.17, 15) is 9.59 Å². The summed E-state index contributed by atoms with van der Waals surface area (Å²) in [6.07, 6.45) is 5.01. The highest BCUT2D eigenvalue weighted by atomic mass is 16.6. The van der Waals surface area contributed by atoms with Crippen molar-refractivity contribution in [2.24, 2.45) is 0 Å². The van der Waals surface area contributed by atoms with Crippen molar-refractivity contribution in [1.82, 2.24) is 15.1 Å². The second-order valence-electron chi connectivity index (χ2n) is 5.33. The monoisotopic (exact) mass is 305 g/mol. The lowest BCUT2D eigenvalue weighted by molar-refractivity contribution is -0.162. The van der Waals surface area contributed by atoms with Gasteiger partial charge in [0.25, 0.3) is 5.91 Å². The van der Waals surface area contributed by atoms with Crippen LogP contribution in [0.25, 0.3) is 0 Å². The Balaban J connectivity index is 2.06. The summed E-state index contributed by atoms with van der Waals surface area (Å²) in [5.41, 5.74) is -1.23. The standard InChI is InChI=1S/C15H19N3O4/c1-11(19)22-15(2,3)14(20)16-10-12(13-6-4-9-21-13)18-8-5-7-17-18/h4-9,12H,10H2,1-3H3,(H,16,20)/t12-/m0/s1. The highest BCUT2D eigenvalue weighted by molar-refractivity contribution is 5.86. The minimum absolute atomic E-state index is 0.263. The fraction of sp³-hybridized carbons (Fsp3) is 0.400. The highest BCUT2D eigenvalue weighted by Crippen LogP contribution is 2.18. The third kappa shape index (κ3) is 3.75. The summed E-state index contributed by atoms with van der Waals surface area (Å²) in [5.74, 6) is -0.212. The van der Waals surface area contributed by atoms with Crippen LogP contribution >= 0.6 is 0 Å². The molecule has 0 radical (unpaired) electrons. The lowest BCUT2D eigenvalue weighted by Gasteiger charge is -2.24. The molecular weight excluding hydrogens is 286 g/mol. The third-order valence-electron chi connectivity index (χ3n) is 3.12. The van der Waals surface area contributed by atoms with Crippen LogP contribution in [0.15, 0.2) is 41.3 Å². The lowest BCUT2D eigenvalue weighted by atomic mass is 10.1. The van der Waals surface area contributed by atoms with Gasteiger partial charge in [-0.25, -0.2) is 0 Å². The maximum absolute atomic E-state index is 12.2. The molecule has 2 heterocycles. The van der Waals surface area contributed by atoms with Crippen LogP contribution in [-0.4, -0.2) is 33.8 Å². The van der Waals surface area contributed by atoms with Crippen molar-refractivity contribution < 1.29 is 18.7 Å². The number of esters is 1. The van der Waals surface area contributed by atoms with Gasteiger partial charge >= 0.3 is 5.97 Å². The van der Waals surface area contributed by atoms with E-state index in [1.807, 2.05) is 6.07 Å². The first-order valence-corrected chi connectivity index (χ1v) is 6.90. The van der Waals surface area contributed by atoms with Gasteiger partial charge in [0.1, 0.15) is 11.8 Å². The summed E-state index contributed by atoms with van der Waals surface area (Å²) >= 11 is 0. The Kier molecular flexibility index (Phi) is 4.65. The number of ether oxygens (including phenoxy) is 1. The van der Waals surface area contributed by atoms with E-state index in [4.69, 9.17) is 9.15 Å². The number of rotatable bonds is 6. The van der Waals surface area contributed by atoms with Gasteiger partial charge in [0.2, 0.25) is 0 Å². The van der Waals surface area contributed by atoms with Crippen molar-refractivity contribution >= 4 is 11.9 Å². The molecule has 2 aromatic rings. The minimum Gasteiger partial charge on any atom is -0.467 e. The van der Waals surface area contributed by atoms with E-state index in [0.29, 0.717) is 5.76 Å². The molecule has 0 aliphatic carbocycles. The summed E-state index contributed by atoms with van der Waals surface area (Å²) in [7, 11) is 0. The molecule has 118 valence electrons. The van der Waals surface area contributed by atoms with E-state index < -0.39 is 11.6 Å². The average Bonchev–Trinajstić information content (AvgIpc) is 3.10. The number of furan rings is 1. The Morgan fingerprint density at radius 3 is 2.77 bits per heavy atom. The topological polar surface area (TPSA) is 86.4 Å². The molecule has 0 aromatic carbocycles. The summed E-state index contributed by atoms with van der Waals surface area (Å²) in [4.78, 5) is 23.2. The van der Waals surface area contributed by atoms with E-state index in [0.717, 1.165) is 0 Å². The van der Waals surface area contributed by atoms with E-state index in [1.54, 1.807) is 49.3 Å². The zero-order valence-corrected chi connectivity index (χ0v) is 12.8. The van der Waals surface area contributed by atoms with Crippen molar-refractivity contribution in [2.75, 3.05) is 6.54 Å². The van der Waals surface area contributed by atoms with Crippen LogP contribution in [0.1, 0.15) is 32.6 Å². The Bertz CT molecular complexity index is 583. The van der Waals surface area contributed by atoms with E-state index in [1.165, 1.54) is 6.92 Å². The number of aromatic nitrogens is 2. The molecule has 1 atom stereocenters. The van der Waals surface area contributed by atoms with Gasteiger partial charge in [-0.15, -0.1) is 0 Å². The summed E-state index contributed by atoms with van der Waals surface area (Å²) in [6, 6.07) is 5.11. The van der Waals surface area contributed by atoms with E-state index in [-0.39, 0.29) is 18.5 Å². The average molecular weight is 305 g/mol. The van der Waals surface area contributed by atoms with Crippen LogP contribution in [0.5, 0.6) is 0 Å². The molecule has 0 spiro atoms. The number of nitrogens with zero attached hydrogens (tertiary/aromatic N) is 2. The SMILES string of the molecule is CC(=O)OC(C)(C)C(=O)NC[C@@H](c1ccco1)n1cccn1. The normalized spacial score (nSPS) is 12.7. The number of hydrogen-bond donors (Lipinski definition) is 1. The molecule has 2 rings (SSSR count). The summed E-state index contributed by atoms with van der Waals surface area (Å²) in [5, 5.41) is 6.95. The van der Waals surface area contributed by atoms with Crippen molar-refractivity contribution in [3.63, 3.8) is 0 Å². The number of carbonyl (C=O) groups is 2. The molecule has 0 saturated carbocycles. The number of hydrogen-bond acceptors (Lipinski definition) is 5. The second kappa shape index (κ2) is 6.46. The molecule has 0 saturated heterocycles. The zero-order chi connectivity index (χ0) is 16.2. The smallest absolute Gasteiger partial charge is 0.303 e. The number of amides is 1. The molecule has 0 bridgehead atoms. The molecule has 0 unspecified atom stereocenters. The Hall–Kier alpha value is -2.57. The van der Waals surface area contributed by atoms with Gasteiger partial charge in [-0.2, -0.15) is 5.10 Å². The molecule has 7 heteroatoms. The zero-order valence-electron chi connectivity index (χ0n) is 12.8. The summed E-state index contributed by atoms with van der Waals surface area (Å²) in [6.45, 7) is 4.61. The van der Waals surface area contributed by atoms with Crippen molar-refractivity contribution in [3.05, 3.63) is 42.6 Å². The Morgan fingerprint density at radius 1 is 1.45 bits per heavy atom. The van der Waals surface area contributed by atoms with Crippen molar-refractivity contribution in [3.8, 4) is 0 Å². The third-order valence-corrected chi connectivity index (χ3v) is 3.12. The number of nitrogens with one attached hydrogen (secondary N) is 1. The van der Waals surface area contributed by atoms with Gasteiger partial charge in [0, 0.05) is 25.9 Å². The molecule has 0 fully saturated rings. The predicted molar refractivity (Wildman–Crippen MR) is 77.9 cm³/mol. The lowest BCUT2D eigenvalue weighted by Crippen LogP contribution is -2.46. The van der Waals surface area contributed by atoms with Gasteiger partial charge < -0.3 is 14.5 Å². The summed E-state index contributed by atoms with van der Waals surface area (Å²) < 4.78 is 12.1. The van der Waals surface area contributed by atoms with Crippen LogP contribution in [-0.2, 0) is 14.3 Å². The molecule has 0 aliphatic rings. The minimum atomic E-state index is -1.23.